The van der Waals surface area contributed by atoms with E-state index in [2.05, 4.69) is 4.98 Å². The van der Waals surface area contributed by atoms with Gasteiger partial charge in [0.15, 0.2) is 0 Å². The summed E-state index contributed by atoms with van der Waals surface area (Å²) >= 11 is 12.4. The summed E-state index contributed by atoms with van der Waals surface area (Å²) in [4.78, 5) is 3.05. The van der Waals surface area contributed by atoms with E-state index in [1.165, 1.54) is 6.07 Å². The van der Waals surface area contributed by atoms with Crippen molar-refractivity contribution in [3.8, 4) is 11.3 Å². The Labute approximate surface area is 148 Å². The summed E-state index contributed by atoms with van der Waals surface area (Å²) in [6.45, 7) is 0.568. The molecule has 0 unspecified atom stereocenters. The van der Waals surface area contributed by atoms with Gasteiger partial charge in [0.2, 0.25) is 0 Å². The number of aromatic nitrogens is 1. The minimum absolute atomic E-state index is 0.269. The van der Waals surface area contributed by atoms with Gasteiger partial charge in [-0.2, -0.15) is 0 Å². The fourth-order valence-electron chi connectivity index (χ4n) is 2.90. The molecular formula is C18H16Cl2F2N2. The molecule has 0 fully saturated rings. The van der Waals surface area contributed by atoms with Gasteiger partial charge in [-0.3, -0.25) is 0 Å². The molecule has 1 heterocycles. The van der Waals surface area contributed by atoms with Crippen molar-refractivity contribution in [3.05, 3.63) is 57.6 Å². The SMILES string of the molecule is NCCCCc1c(-c2cc(Cl)ccc2Cl)[nH]c2c(F)cc(F)cc12. The second kappa shape index (κ2) is 7.09. The lowest BCUT2D eigenvalue weighted by Gasteiger charge is -2.08. The zero-order valence-corrected chi connectivity index (χ0v) is 14.3. The number of hydrogen-bond acceptors (Lipinski definition) is 1. The Morgan fingerprint density at radius 2 is 1.83 bits per heavy atom. The average molecular weight is 369 g/mol. The molecule has 0 amide bonds. The van der Waals surface area contributed by atoms with Gasteiger partial charge in [0.05, 0.1) is 11.2 Å². The van der Waals surface area contributed by atoms with E-state index in [-0.39, 0.29) is 5.52 Å². The summed E-state index contributed by atoms with van der Waals surface area (Å²) in [5.41, 5.74) is 7.98. The van der Waals surface area contributed by atoms with E-state index in [4.69, 9.17) is 28.9 Å². The molecule has 0 spiro atoms. The molecule has 0 bridgehead atoms. The van der Waals surface area contributed by atoms with Crippen LogP contribution in [0.2, 0.25) is 10.0 Å². The van der Waals surface area contributed by atoms with Crippen molar-refractivity contribution < 1.29 is 8.78 Å². The smallest absolute Gasteiger partial charge is 0.150 e. The number of benzene rings is 2. The van der Waals surface area contributed by atoms with Crippen molar-refractivity contribution >= 4 is 34.1 Å². The molecule has 1 aromatic heterocycles. The lowest BCUT2D eigenvalue weighted by atomic mass is 10.00. The fourth-order valence-corrected chi connectivity index (χ4v) is 3.28. The van der Waals surface area contributed by atoms with Crippen LogP contribution in [-0.4, -0.2) is 11.5 Å². The highest BCUT2D eigenvalue weighted by molar-refractivity contribution is 6.35. The third-order valence-electron chi connectivity index (χ3n) is 4.01. The fraction of sp³-hybridized carbons (Fsp3) is 0.222. The Morgan fingerprint density at radius 1 is 1.04 bits per heavy atom. The average Bonchev–Trinajstić information content (AvgIpc) is 2.89. The summed E-state index contributed by atoms with van der Waals surface area (Å²) in [5, 5.41) is 1.54. The molecule has 0 aliphatic carbocycles. The minimum Gasteiger partial charge on any atom is -0.352 e. The van der Waals surface area contributed by atoms with Crippen LogP contribution in [0.4, 0.5) is 8.78 Å². The first kappa shape index (κ1) is 17.2. The molecule has 0 radical (unpaired) electrons. The lowest BCUT2D eigenvalue weighted by Crippen LogP contribution is -1.99. The molecule has 0 aliphatic heterocycles. The van der Waals surface area contributed by atoms with Gasteiger partial charge in [-0.25, -0.2) is 8.78 Å². The molecule has 0 aliphatic rings. The van der Waals surface area contributed by atoms with E-state index in [0.29, 0.717) is 39.7 Å². The van der Waals surface area contributed by atoms with E-state index in [1.54, 1.807) is 18.2 Å². The molecule has 0 atom stereocenters. The first-order valence-electron chi connectivity index (χ1n) is 7.66. The predicted molar refractivity (Wildman–Crippen MR) is 95.7 cm³/mol. The molecule has 3 rings (SSSR count). The first-order valence-corrected chi connectivity index (χ1v) is 8.42. The number of fused-ring (bicyclic) bond motifs is 1. The topological polar surface area (TPSA) is 41.8 Å². The van der Waals surface area contributed by atoms with Crippen LogP contribution < -0.4 is 5.73 Å². The van der Waals surface area contributed by atoms with Crippen molar-refractivity contribution in [1.82, 2.24) is 4.98 Å². The van der Waals surface area contributed by atoms with Crippen LogP contribution in [-0.2, 0) is 6.42 Å². The summed E-state index contributed by atoms with van der Waals surface area (Å²) in [7, 11) is 0. The highest BCUT2D eigenvalue weighted by Gasteiger charge is 2.18. The Balaban J connectivity index is 2.23. The second-order valence-corrected chi connectivity index (χ2v) is 6.50. The van der Waals surface area contributed by atoms with Crippen molar-refractivity contribution in [3.63, 3.8) is 0 Å². The standard InChI is InChI=1S/C18H16Cl2F2N2/c19-10-4-5-15(20)14(7-10)17-12(3-1-2-6-23)13-8-11(21)9-16(22)18(13)24-17/h4-5,7-9,24H,1-3,6,23H2. The maximum atomic E-state index is 14.2. The number of halogens is 4. The summed E-state index contributed by atoms with van der Waals surface area (Å²) in [6, 6.07) is 7.30. The van der Waals surface area contributed by atoms with Gasteiger partial charge >= 0.3 is 0 Å². The molecule has 6 heteroatoms. The van der Waals surface area contributed by atoms with Crippen molar-refractivity contribution in [1.29, 1.82) is 0 Å². The molecular weight excluding hydrogens is 353 g/mol. The van der Waals surface area contributed by atoms with Crippen molar-refractivity contribution in [2.45, 2.75) is 19.3 Å². The van der Waals surface area contributed by atoms with Gasteiger partial charge in [0, 0.05) is 27.1 Å². The number of unbranched alkanes of at least 4 members (excludes halogenated alkanes) is 1. The van der Waals surface area contributed by atoms with Gasteiger partial charge in [0.25, 0.3) is 0 Å². The Morgan fingerprint density at radius 3 is 2.58 bits per heavy atom. The van der Waals surface area contributed by atoms with Crippen LogP contribution in [0.15, 0.2) is 30.3 Å². The Bertz CT molecular complexity index is 890. The van der Waals surface area contributed by atoms with Crippen LogP contribution in [0.5, 0.6) is 0 Å². The van der Waals surface area contributed by atoms with E-state index < -0.39 is 11.6 Å². The first-order chi connectivity index (χ1) is 11.5. The Kier molecular flexibility index (Phi) is 5.09. The van der Waals surface area contributed by atoms with Crippen LogP contribution in [0.25, 0.3) is 22.2 Å². The monoisotopic (exact) mass is 368 g/mol. The van der Waals surface area contributed by atoms with Gasteiger partial charge in [-0.05, 0) is 55.6 Å². The lowest BCUT2D eigenvalue weighted by molar-refractivity contribution is 0.591. The number of aryl methyl sites for hydroxylation is 1. The second-order valence-electron chi connectivity index (χ2n) is 5.66. The molecule has 3 aromatic rings. The molecule has 2 aromatic carbocycles. The highest BCUT2D eigenvalue weighted by Crippen LogP contribution is 2.37. The number of aromatic amines is 1. The van der Waals surface area contributed by atoms with E-state index in [9.17, 15) is 8.78 Å². The highest BCUT2D eigenvalue weighted by atomic mass is 35.5. The zero-order chi connectivity index (χ0) is 17.3. The number of nitrogens with two attached hydrogens (primary N) is 1. The predicted octanol–water partition coefficient (Wildman–Crippen LogP) is 5.70. The van der Waals surface area contributed by atoms with E-state index >= 15 is 0 Å². The van der Waals surface area contributed by atoms with Gasteiger partial charge < -0.3 is 10.7 Å². The molecule has 126 valence electrons. The molecule has 3 N–H and O–H groups in total. The molecule has 2 nitrogen and oxygen atoms in total. The van der Waals surface area contributed by atoms with Gasteiger partial charge in [-0.1, -0.05) is 23.2 Å². The van der Waals surface area contributed by atoms with Gasteiger partial charge in [-0.15, -0.1) is 0 Å². The third kappa shape index (κ3) is 3.27. The summed E-state index contributed by atoms with van der Waals surface area (Å²) < 4.78 is 27.9. The third-order valence-corrected chi connectivity index (χ3v) is 4.58. The maximum Gasteiger partial charge on any atom is 0.150 e. The van der Waals surface area contributed by atoms with Crippen LogP contribution in [0, 0.1) is 11.6 Å². The quantitative estimate of drug-likeness (QED) is 0.557. The van der Waals surface area contributed by atoms with Crippen molar-refractivity contribution in [2.75, 3.05) is 6.54 Å². The number of H-pyrrole nitrogens is 1. The van der Waals surface area contributed by atoms with Crippen LogP contribution >= 0.6 is 23.2 Å². The minimum atomic E-state index is -0.630. The van der Waals surface area contributed by atoms with E-state index in [1.807, 2.05) is 0 Å². The number of nitrogens with one attached hydrogen (secondary N) is 1. The molecule has 0 saturated heterocycles. The molecule has 0 saturated carbocycles. The summed E-state index contributed by atoms with van der Waals surface area (Å²) in [6.07, 6.45) is 2.28. The maximum absolute atomic E-state index is 14.2. The molecule has 24 heavy (non-hydrogen) atoms. The largest absolute Gasteiger partial charge is 0.352 e. The van der Waals surface area contributed by atoms with Crippen LogP contribution in [0.1, 0.15) is 18.4 Å². The van der Waals surface area contributed by atoms with Crippen molar-refractivity contribution in [2.24, 2.45) is 5.73 Å². The summed E-state index contributed by atoms with van der Waals surface area (Å²) in [5.74, 6) is -1.24. The zero-order valence-electron chi connectivity index (χ0n) is 12.8. The normalized spacial score (nSPS) is 11.4. The number of rotatable bonds is 5. The van der Waals surface area contributed by atoms with Crippen LogP contribution in [0.3, 0.4) is 0 Å². The number of hydrogen-bond donors (Lipinski definition) is 2. The van der Waals surface area contributed by atoms with E-state index in [0.717, 1.165) is 24.5 Å². The van der Waals surface area contributed by atoms with Gasteiger partial charge in [0.1, 0.15) is 11.6 Å². The Hall–Kier alpha value is -1.62.